The number of unbranched alkanes of at least 4 members (excludes halogenated alkanes) is 1. The highest BCUT2D eigenvalue weighted by atomic mass is 19.4. The number of carbonyl (C=O) groups is 1. The van der Waals surface area contributed by atoms with E-state index in [0.717, 1.165) is 98.4 Å². The normalized spacial score (nSPS) is 14.4. The van der Waals surface area contributed by atoms with Gasteiger partial charge in [0.05, 0.1) is 5.92 Å². The van der Waals surface area contributed by atoms with E-state index >= 15 is 0 Å². The van der Waals surface area contributed by atoms with Crippen LogP contribution in [0, 0.1) is 5.92 Å². The van der Waals surface area contributed by atoms with Crippen LogP contribution in [-0.2, 0) is 25.8 Å². The van der Waals surface area contributed by atoms with Gasteiger partial charge in [0.25, 0.3) is 0 Å². The smallest absolute Gasteiger partial charge is 0.395 e. The van der Waals surface area contributed by atoms with Crippen LogP contribution in [0.4, 0.5) is 26.3 Å². The van der Waals surface area contributed by atoms with Crippen molar-refractivity contribution >= 4 is 70.6 Å². The van der Waals surface area contributed by atoms with Gasteiger partial charge in [-0.05, 0) is 176 Å². The molecule has 0 N–H and O–H groups in total. The number of carbonyl (C=O) groups excluding carboxylic acids is 1. The second-order valence-corrected chi connectivity index (χ2v) is 23.8. The van der Waals surface area contributed by atoms with Crippen LogP contribution >= 0.6 is 0 Å². The van der Waals surface area contributed by atoms with Crippen molar-refractivity contribution in [3.63, 3.8) is 0 Å². The summed E-state index contributed by atoms with van der Waals surface area (Å²) >= 11 is 0. The number of hydrogen-bond acceptors (Lipinski definition) is 2. The third-order valence-corrected chi connectivity index (χ3v) is 16.6. The third kappa shape index (κ3) is 9.03. The van der Waals surface area contributed by atoms with Crippen LogP contribution in [-0.4, -0.2) is 24.9 Å². The molecule has 0 amide bonds. The fourth-order valence-corrected chi connectivity index (χ4v) is 12.5. The van der Waals surface area contributed by atoms with Crippen LogP contribution in [0.5, 0.6) is 0 Å². The molecule has 388 valence electrons. The Morgan fingerprint density at radius 3 is 1.34 bits per heavy atom. The average Bonchev–Trinajstić information content (AvgIpc) is 3.78. The molecule has 1 atom stereocenters. The Labute approximate surface area is 440 Å². The maximum Gasteiger partial charge on any atom is 0.395 e. The molecule has 0 heterocycles. The van der Waals surface area contributed by atoms with E-state index in [1.165, 1.54) is 28.8 Å². The van der Waals surface area contributed by atoms with Gasteiger partial charge in [-0.3, -0.25) is 0 Å². The molecule has 0 fully saturated rings. The molecule has 0 aliphatic heterocycles. The van der Waals surface area contributed by atoms with Gasteiger partial charge in [0.2, 0.25) is 0 Å². The molecule has 0 saturated heterocycles. The van der Waals surface area contributed by atoms with E-state index < -0.39 is 42.7 Å². The summed E-state index contributed by atoms with van der Waals surface area (Å²) in [5.74, 6) is -2.85. The zero-order valence-corrected chi connectivity index (χ0v) is 44.2. The number of rotatable bonds is 13. The predicted molar refractivity (Wildman–Crippen MR) is 302 cm³/mol. The second-order valence-electron chi connectivity index (χ2n) is 23.8. The lowest BCUT2D eigenvalue weighted by Crippen LogP contribution is -2.30. The third-order valence-electron chi connectivity index (χ3n) is 16.6. The first kappa shape index (κ1) is 51.2. The Kier molecular flexibility index (Phi) is 12.4. The van der Waals surface area contributed by atoms with Crippen molar-refractivity contribution in [1.29, 1.82) is 0 Å². The highest BCUT2D eigenvalue weighted by molar-refractivity contribution is 6.27. The topological polar surface area (TPSA) is 26.3 Å². The number of benzene rings is 10. The first-order valence-electron chi connectivity index (χ1n) is 26.6. The minimum atomic E-state index is -4.67. The van der Waals surface area contributed by atoms with E-state index in [4.69, 9.17) is 4.74 Å². The zero-order valence-electron chi connectivity index (χ0n) is 44.2. The van der Waals surface area contributed by atoms with Gasteiger partial charge in [0.1, 0.15) is 6.61 Å². The van der Waals surface area contributed by atoms with Crippen molar-refractivity contribution in [2.75, 3.05) is 6.61 Å². The highest BCUT2D eigenvalue weighted by Crippen LogP contribution is 2.57. The van der Waals surface area contributed by atoms with Gasteiger partial charge >= 0.3 is 18.3 Å². The van der Waals surface area contributed by atoms with Crippen molar-refractivity contribution in [3.05, 3.63) is 168 Å². The average molecular weight is 1030 g/mol. The summed E-state index contributed by atoms with van der Waals surface area (Å²) in [6.45, 7) is 17.4. The first-order chi connectivity index (χ1) is 35.9. The SMILES string of the molecule is C=C(C)C(=O)OCC(CCCC1(CCCCC(F)(F)F)c2cc(-c3ccc4ccc5cc(C(C)(C)C)cc6ccc3c4c56)ccc2-c2ccc(-c3ccc4ccc5cc(C(C)(C)C)cc6ccc3c4c56)cc21)C(F)(F)F. The van der Waals surface area contributed by atoms with Crippen molar-refractivity contribution in [2.24, 2.45) is 5.92 Å². The van der Waals surface area contributed by atoms with Gasteiger partial charge in [0, 0.05) is 17.4 Å². The molecule has 76 heavy (non-hydrogen) atoms. The van der Waals surface area contributed by atoms with Crippen LogP contribution in [0.1, 0.15) is 116 Å². The summed E-state index contributed by atoms with van der Waals surface area (Å²) in [4.78, 5) is 12.4. The van der Waals surface area contributed by atoms with Gasteiger partial charge < -0.3 is 4.74 Å². The van der Waals surface area contributed by atoms with E-state index in [0.29, 0.717) is 0 Å². The number of esters is 1. The summed E-state index contributed by atoms with van der Waals surface area (Å²) in [5, 5.41) is 13.6. The largest absolute Gasteiger partial charge is 0.462 e. The number of alkyl halides is 6. The fraction of sp³-hybridized carbons (Fsp3) is 0.309. The monoisotopic (exact) mass is 1020 g/mol. The standard InChI is InChI=1S/C68H62F6O2/c1-39(2)63(75)76-38-48(68(72,73)74)12-11-30-66(29-9-10-31-67(69,70)71)57-36-42(51-23-17-40-13-15-44-32-49(64(3,4)5)34-46-21-27-55(51)61(40)59(44)46)19-25-53(57)54-26-20-43(37-58(54)66)52-24-18-41-14-16-45-33-50(65(6,7)8)35-47-22-28-56(52)62(41)60(45)47/h13-28,32-37,48H,1,9-12,29-31,38H2,2-8H3. The van der Waals surface area contributed by atoms with E-state index in [2.05, 4.69) is 182 Å². The highest BCUT2D eigenvalue weighted by Gasteiger charge is 2.45. The number of fused-ring (bicyclic) bond motifs is 3. The lowest BCUT2D eigenvalue weighted by atomic mass is 9.69. The van der Waals surface area contributed by atoms with Gasteiger partial charge in [0.15, 0.2) is 0 Å². The molecule has 1 aliphatic rings. The summed E-state index contributed by atoms with van der Waals surface area (Å²) in [6, 6.07) is 47.9. The van der Waals surface area contributed by atoms with Gasteiger partial charge in [-0.25, -0.2) is 4.79 Å². The molecule has 0 saturated carbocycles. The fourth-order valence-electron chi connectivity index (χ4n) is 12.5. The number of hydrogen-bond donors (Lipinski definition) is 0. The van der Waals surface area contributed by atoms with Crippen molar-refractivity contribution in [3.8, 4) is 33.4 Å². The lowest BCUT2D eigenvalue weighted by Gasteiger charge is -2.34. The van der Waals surface area contributed by atoms with Crippen LogP contribution in [0.2, 0.25) is 0 Å². The number of ether oxygens (including phenoxy) is 1. The minimum Gasteiger partial charge on any atom is -0.462 e. The maximum atomic E-state index is 14.9. The summed E-state index contributed by atoms with van der Waals surface area (Å²) in [7, 11) is 0. The minimum absolute atomic E-state index is 0.00297. The molecular weight excluding hydrogens is 963 g/mol. The van der Waals surface area contributed by atoms with E-state index in [1.54, 1.807) is 0 Å². The second kappa shape index (κ2) is 18.4. The van der Waals surface area contributed by atoms with E-state index in [9.17, 15) is 31.1 Å². The molecule has 0 radical (unpaired) electrons. The van der Waals surface area contributed by atoms with Gasteiger partial charge in [-0.2, -0.15) is 26.3 Å². The Balaban J connectivity index is 1.09. The Bertz CT molecular complexity index is 3660. The molecule has 0 bridgehead atoms. The Morgan fingerprint density at radius 2 is 0.921 bits per heavy atom. The van der Waals surface area contributed by atoms with Crippen LogP contribution in [0.3, 0.4) is 0 Å². The molecule has 8 heteroatoms. The molecule has 0 spiro atoms. The van der Waals surface area contributed by atoms with E-state index in [1.807, 2.05) is 0 Å². The molecule has 1 aliphatic carbocycles. The van der Waals surface area contributed by atoms with Gasteiger partial charge in [-0.1, -0.05) is 182 Å². The summed E-state index contributed by atoms with van der Waals surface area (Å²) in [6.07, 6.45) is -9.74. The summed E-state index contributed by atoms with van der Waals surface area (Å²) in [5.41, 5.74) is 8.85. The first-order valence-corrected chi connectivity index (χ1v) is 26.6. The van der Waals surface area contributed by atoms with Crippen molar-refractivity contribution in [2.45, 2.75) is 122 Å². The van der Waals surface area contributed by atoms with Crippen molar-refractivity contribution in [1.82, 2.24) is 0 Å². The Hall–Kier alpha value is -6.93. The van der Waals surface area contributed by atoms with Crippen LogP contribution in [0.25, 0.3) is 98.0 Å². The maximum absolute atomic E-state index is 14.9. The van der Waals surface area contributed by atoms with Gasteiger partial charge in [-0.15, -0.1) is 0 Å². The number of halogens is 6. The predicted octanol–water partition coefficient (Wildman–Crippen LogP) is 20.3. The molecular formula is C68H62F6O2. The molecule has 10 aromatic rings. The molecule has 1 unspecified atom stereocenters. The molecule has 0 aromatic heterocycles. The Morgan fingerprint density at radius 1 is 0.513 bits per heavy atom. The summed E-state index contributed by atoms with van der Waals surface area (Å²) < 4.78 is 91.6. The van der Waals surface area contributed by atoms with E-state index in [-0.39, 0.29) is 54.9 Å². The lowest BCUT2D eigenvalue weighted by molar-refractivity contribution is -0.191. The molecule has 10 aromatic carbocycles. The van der Waals surface area contributed by atoms with Crippen molar-refractivity contribution < 1.29 is 35.9 Å². The van der Waals surface area contributed by atoms with Crippen LogP contribution < -0.4 is 0 Å². The van der Waals surface area contributed by atoms with Crippen LogP contribution in [0.15, 0.2) is 146 Å². The molecule has 11 rings (SSSR count). The zero-order chi connectivity index (χ0) is 53.9. The molecule has 2 nitrogen and oxygen atoms in total. The quantitative estimate of drug-likeness (QED) is 0.0378.